The molecule has 2 rings (SSSR count). The van der Waals surface area contributed by atoms with E-state index >= 15 is 0 Å². The van der Waals surface area contributed by atoms with E-state index in [0.29, 0.717) is 17.3 Å². The molecule has 0 unspecified atom stereocenters. The zero-order valence-electron chi connectivity index (χ0n) is 11.2. The molecule has 0 spiro atoms. The van der Waals surface area contributed by atoms with Crippen LogP contribution in [0.5, 0.6) is 5.75 Å². The Bertz CT molecular complexity index is 477. The Morgan fingerprint density at radius 2 is 2.45 bits per heavy atom. The quantitative estimate of drug-likeness (QED) is 0.875. The first-order valence-electron chi connectivity index (χ1n) is 6.57. The van der Waals surface area contributed by atoms with Gasteiger partial charge in [0.1, 0.15) is 5.75 Å². The summed E-state index contributed by atoms with van der Waals surface area (Å²) in [5.41, 5.74) is 0. The topological polar surface area (TPSA) is 47.6 Å². The molecule has 0 bridgehead atoms. The van der Waals surface area contributed by atoms with Crippen molar-refractivity contribution in [1.82, 2.24) is 5.32 Å². The van der Waals surface area contributed by atoms with Crippen molar-refractivity contribution in [1.29, 1.82) is 0 Å². The van der Waals surface area contributed by atoms with Crippen LogP contribution >= 0.6 is 27.5 Å². The maximum Gasteiger partial charge on any atom is 0.260 e. The van der Waals surface area contributed by atoms with Crippen LogP contribution < -0.4 is 10.1 Å². The molecular formula is C14H17BrClNO3. The number of rotatable bonds is 5. The van der Waals surface area contributed by atoms with Crippen LogP contribution in [-0.4, -0.2) is 31.3 Å². The molecule has 1 aliphatic rings. The van der Waals surface area contributed by atoms with Crippen molar-refractivity contribution in [3.8, 4) is 5.75 Å². The van der Waals surface area contributed by atoms with Gasteiger partial charge in [0, 0.05) is 17.6 Å². The van der Waals surface area contributed by atoms with Crippen LogP contribution in [0.1, 0.15) is 19.8 Å². The van der Waals surface area contributed by atoms with Crippen molar-refractivity contribution >= 4 is 33.4 Å². The van der Waals surface area contributed by atoms with Crippen molar-refractivity contribution in [3.05, 3.63) is 27.7 Å². The number of carbonyl (C=O) groups excluding carboxylic acids is 1. The van der Waals surface area contributed by atoms with Crippen LogP contribution in [0.15, 0.2) is 22.7 Å². The van der Waals surface area contributed by atoms with Gasteiger partial charge in [-0.1, -0.05) is 27.5 Å². The van der Waals surface area contributed by atoms with Crippen LogP contribution in [0.25, 0.3) is 0 Å². The predicted molar refractivity (Wildman–Crippen MR) is 81.2 cm³/mol. The molecule has 0 aromatic heterocycles. The third-order valence-electron chi connectivity index (χ3n) is 3.09. The Hall–Kier alpha value is -0.780. The second-order valence-corrected chi connectivity index (χ2v) is 6.04. The van der Waals surface area contributed by atoms with E-state index in [1.54, 1.807) is 19.1 Å². The van der Waals surface area contributed by atoms with Gasteiger partial charge in [0.15, 0.2) is 6.10 Å². The number of carbonyl (C=O) groups is 1. The van der Waals surface area contributed by atoms with Crippen LogP contribution in [0.3, 0.4) is 0 Å². The summed E-state index contributed by atoms with van der Waals surface area (Å²) in [5.74, 6) is 0.328. The highest BCUT2D eigenvalue weighted by Crippen LogP contribution is 2.28. The molecule has 1 aliphatic heterocycles. The molecule has 1 aromatic carbocycles. The fraction of sp³-hybridized carbons (Fsp3) is 0.500. The smallest absolute Gasteiger partial charge is 0.260 e. The fourth-order valence-electron chi connectivity index (χ4n) is 1.98. The Morgan fingerprint density at radius 3 is 3.10 bits per heavy atom. The van der Waals surface area contributed by atoms with Crippen molar-refractivity contribution in [3.63, 3.8) is 0 Å². The maximum absolute atomic E-state index is 11.9. The van der Waals surface area contributed by atoms with Gasteiger partial charge in [-0.2, -0.15) is 0 Å². The summed E-state index contributed by atoms with van der Waals surface area (Å²) in [6.07, 6.45) is 1.58. The molecule has 6 heteroatoms. The molecule has 20 heavy (non-hydrogen) atoms. The zero-order chi connectivity index (χ0) is 14.5. The molecule has 0 aliphatic carbocycles. The minimum absolute atomic E-state index is 0.127. The molecular weight excluding hydrogens is 346 g/mol. The molecule has 0 radical (unpaired) electrons. The molecule has 0 saturated carbocycles. The number of hydrogen-bond acceptors (Lipinski definition) is 3. The second-order valence-electron chi connectivity index (χ2n) is 4.72. The van der Waals surface area contributed by atoms with Gasteiger partial charge >= 0.3 is 0 Å². The van der Waals surface area contributed by atoms with E-state index < -0.39 is 6.10 Å². The first kappa shape index (κ1) is 15.6. The summed E-state index contributed by atoms with van der Waals surface area (Å²) in [7, 11) is 0. The SMILES string of the molecule is C[C@@H](Oc1ccc(Br)cc1Cl)C(=O)NC[C@@H]1CCCO1. The van der Waals surface area contributed by atoms with E-state index in [2.05, 4.69) is 21.2 Å². The number of amides is 1. The van der Waals surface area contributed by atoms with E-state index in [1.165, 1.54) is 0 Å². The van der Waals surface area contributed by atoms with Crippen molar-refractivity contribution < 1.29 is 14.3 Å². The highest BCUT2D eigenvalue weighted by atomic mass is 79.9. The van der Waals surface area contributed by atoms with E-state index in [1.807, 2.05) is 6.07 Å². The third-order valence-corrected chi connectivity index (χ3v) is 3.88. The maximum atomic E-state index is 11.9. The summed E-state index contributed by atoms with van der Waals surface area (Å²) in [6, 6.07) is 5.28. The van der Waals surface area contributed by atoms with Gasteiger partial charge in [0.05, 0.1) is 11.1 Å². The highest BCUT2D eigenvalue weighted by molar-refractivity contribution is 9.10. The van der Waals surface area contributed by atoms with Gasteiger partial charge in [0.2, 0.25) is 0 Å². The summed E-state index contributed by atoms with van der Waals surface area (Å²) in [4.78, 5) is 11.9. The van der Waals surface area contributed by atoms with Gasteiger partial charge < -0.3 is 14.8 Å². The summed E-state index contributed by atoms with van der Waals surface area (Å²) >= 11 is 9.37. The Labute approximate surface area is 131 Å². The minimum Gasteiger partial charge on any atom is -0.479 e. The van der Waals surface area contributed by atoms with Gasteiger partial charge in [-0.25, -0.2) is 0 Å². The van der Waals surface area contributed by atoms with E-state index in [9.17, 15) is 4.79 Å². The lowest BCUT2D eigenvalue weighted by Crippen LogP contribution is -2.40. The lowest BCUT2D eigenvalue weighted by Gasteiger charge is -2.17. The molecule has 1 N–H and O–H groups in total. The zero-order valence-corrected chi connectivity index (χ0v) is 13.5. The van der Waals surface area contributed by atoms with Crippen LogP contribution in [0.4, 0.5) is 0 Å². The van der Waals surface area contributed by atoms with Crippen molar-refractivity contribution in [2.75, 3.05) is 13.2 Å². The second kappa shape index (κ2) is 7.29. The highest BCUT2D eigenvalue weighted by Gasteiger charge is 2.20. The largest absolute Gasteiger partial charge is 0.479 e. The Kier molecular flexibility index (Phi) is 5.69. The minimum atomic E-state index is -0.602. The fourth-order valence-corrected chi connectivity index (χ4v) is 2.70. The van der Waals surface area contributed by atoms with Crippen LogP contribution in [0, 0.1) is 0 Å². The first-order chi connectivity index (χ1) is 9.56. The lowest BCUT2D eigenvalue weighted by molar-refractivity contribution is -0.127. The molecule has 1 aromatic rings. The summed E-state index contributed by atoms with van der Waals surface area (Å²) in [6.45, 7) is 3.00. The van der Waals surface area contributed by atoms with Crippen LogP contribution in [-0.2, 0) is 9.53 Å². The molecule has 1 amide bonds. The van der Waals surface area contributed by atoms with Crippen molar-refractivity contribution in [2.24, 2.45) is 0 Å². The molecule has 110 valence electrons. The number of hydrogen-bond donors (Lipinski definition) is 1. The normalized spacial score (nSPS) is 19.6. The Morgan fingerprint density at radius 1 is 1.65 bits per heavy atom. The van der Waals surface area contributed by atoms with E-state index in [0.717, 1.165) is 23.9 Å². The molecule has 1 fully saturated rings. The van der Waals surface area contributed by atoms with E-state index in [4.69, 9.17) is 21.1 Å². The number of halogens is 2. The molecule has 2 atom stereocenters. The number of benzene rings is 1. The molecule has 1 saturated heterocycles. The van der Waals surface area contributed by atoms with Crippen LogP contribution in [0.2, 0.25) is 5.02 Å². The third kappa shape index (κ3) is 4.36. The number of nitrogens with one attached hydrogen (secondary N) is 1. The predicted octanol–water partition coefficient (Wildman–Crippen LogP) is 3.17. The van der Waals surface area contributed by atoms with E-state index in [-0.39, 0.29) is 12.0 Å². The summed E-state index contributed by atoms with van der Waals surface area (Å²) < 4.78 is 11.9. The molecule has 4 nitrogen and oxygen atoms in total. The monoisotopic (exact) mass is 361 g/mol. The average Bonchev–Trinajstić information content (AvgIpc) is 2.92. The first-order valence-corrected chi connectivity index (χ1v) is 7.74. The lowest BCUT2D eigenvalue weighted by atomic mass is 10.2. The standard InChI is InChI=1S/C14H17BrClNO3/c1-9(14(18)17-8-11-3-2-6-19-11)20-13-5-4-10(15)7-12(13)16/h4-5,7,9,11H,2-3,6,8H2,1H3,(H,17,18)/t9-,11+/m1/s1. The average molecular weight is 363 g/mol. The number of ether oxygens (including phenoxy) is 2. The van der Waals surface area contributed by atoms with Crippen molar-refractivity contribution in [2.45, 2.75) is 32.0 Å². The van der Waals surface area contributed by atoms with Gasteiger partial charge in [-0.05, 0) is 38.0 Å². The van der Waals surface area contributed by atoms with Gasteiger partial charge in [0.25, 0.3) is 5.91 Å². The van der Waals surface area contributed by atoms with Gasteiger partial charge in [-0.15, -0.1) is 0 Å². The van der Waals surface area contributed by atoms with Gasteiger partial charge in [-0.3, -0.25) is 4.79 Å². The summed E-state index contributed by atoms with van der Waals surface area (Å²) in [5, 5.41) is 3.30. The Balaban J connectivity index is 1.83. The molecule has 1 heterocycles.